The van der Waals surface area contributed by atoms with Gasteiger partial charge in [0.2, 0.25) is 0 Å². The number of benzene rings is 1. The van der Waals surface area contributed by atoms with Crippen LogP contribution in [0.15, 0.2) is 22.7 Å². The van der Waals surface area contributed by atoms with E-state index in [1.807, 2.05) is 12.1 Å². The van der Waals surface area contributed by atoms with E-state index in [0.29, 0.717) is 0 Å². The first-order valence-electron chi connectivity index (χ1n) is 5.41. The van der Waals surface area contributed by atoms with E-state index in [1.165, 1.54) is 0 Å². The Labute approximate surface area is 105 Å². The number of hydrogen-bond donors (Lipinski definition) is 2. The molecule has 3 nitrogen and oxygen atoms in total. The number of aromatic hydroxyl groups is 1. The first kappa shape index (κ1) is 13.5. The van der Waals surface area contributed by atoms with Crippen LogP contribution >= 0.6 is 15.9 Å². The van der Waals surface area contributed by atoms with Crippen molar-refractivity contribution in [2.75, 3.05) is 20.3 Å². The maximum atomic E-state index is 9.33. The van der Waals surface area contributed by atoms with E-state index >= 15 is 0 Å². The molecule has 1 aromatic carbocycles. The summed E-state index contributed by atoms with van der Waals surface area (Å²) in [5.41, 5.74) is 1.16. The molecule has 0 amide bonds. The molecule has 0 aliphatic heterocycles. The van der Waals surface area contributed by atoms with Crippen molar-refractivity contribution in [3.05, 3.63) is 28.2 Å². The zero-order valence-corrected chi connectivity index (χ0v) is 11.1. The number of phenolic OH excluding ortho intramolecular Hbond substituents is 1. The standard InChI is InChI=1S/C12H18BrNO2/c1-16-7-3-2-6-14-9-10-4-5-12(15)11(13)8-10/h4-5,8,14-15H,2-3,6-7,9H2,1H3. The summed E-state index contributed by atoms with van der Waals surface area (Å²) >= 11 is 3.29. The fourth-order valence-corrected chi connectivity index (χ4v) is 1.82. The van der Waals surface area contributed by atoms with E-state index < -0.39 is 0 Å². The molecule has 0 atom stereocenters. The minimum Gasteiger partial charge on any atom is -0.507 e. The molecule has 90 valence electrons. The van der Waals surface area contributed by atoms with Gasteiger partial charge in [0, 0.05) is 20.3 Å². The number of rotatable bonds is 7. The third-order valence-electron chi connectivity index (χ3n) is 2.29. The van der Waals surface area contributed by atoms with Crippen molar-refractivity contribution >= 4 is 15.9 Å². The average molecular weight is 288 g/mol. The Hall–Kier alpha value is -0.580. The maximum absolute atomic E-state index is 9.33. The van der Waals surface area contributed by atoms with Gasteiger partial charge < -0.3 is 15.2 Å². The van der Waals surface area contributed by atoms with E-state index in [9.17, 15) is 5.11 Å². The van der Waals surface area contributed by atoms with Crippen molar-refractivity contribution in [1.29, 1.82) is 0 Å². The Morgan fingerprint density at radius 2 is 2.19 bits per heavy atom. The summed E-state index contributed by atoms with van der Waals surface area (Å²) in [5, 5.41) is 12.7. The van der Waals surface area contributed by atoms with E-state index in [2.05, 4.69) is 21.2 Å². The molecule has 0 aromatic heterocycles. The predicted octanol–water partition coefficient (Wildman–Crippen LogP) is 2.67. The minimum atomic E-state index is 0.281. The average Bonchev–Trinajstić information content (AvgIpc) is 2.28. The first-order valence-corrected chi connectivity index (χ1v) is 6.20. The molecule has 2 N–H and O–H groups in total. The fraction of sp³-hybridized carbons (Fsp3) is 0.500. The lowest BCUT2D eigenvalue weighted by molar-refractivity contribution is 0.192. The van der Waals surface area contributed by atoms with Gasteiger partial charge in [-0.3, -0.25) is 0 Å². The van der Waals surface area contributed by atoms with Gasteiger partial charge in [-0.15, -0.1) is 0 Å². The Balaban J connectivity index is 2.19. The van der Waals surface area contributed by atoms with Crippen LogP contribution in [0.25, 0.3) is 0 Å². The molecule has 0 spiro atoms. The number of phenols is 1. The lowest BCUT2D eigenvalue weighted by Crippen LogP contribution is -2.15. The molecule has 1 aromatic rings. The summed E-state index contributed by atoms with van der Waals surface area (Å²) in [6.07, 6.45) is 2.20. The molecule has 0 saturated carbocycles. The summed E-state index contributed by atoms with van der Waals surface area (Å²) in [5.74, 6) is 0.281. The van der Waals surface area contributed by atoms with Crippen molar-refractivity contribution in [3.63, 3.8) is 0 Å². The maximum Gasteiger partial charge on any atom is 0.129 e. The SMILES string of the molecule is COCCCCNCc1ccc(O)c(Br)c1. The zero-order valence-electron chi connectivity index (χ0n) is 9.50. The molecule has 1 rings (SSSR count). The van der Waals surface area contributed by atoms with Gasteiger partial charge in [0.25, 0.3) is 0 Å². The second-order valence-electron chi connectivity index (χ2n) is 3.66. The number of ether oxygens (including phenoxy) is 1. The Morgan fingerprint density at radius 1 is 1.38 bits per heavy atom. The van der Waals surface area contributed by atoms with Crippen molar-refractivity contribution in [1.82, 2.24) is 5.32 Å². The fourth-order valence-electron chi connectivity index (χ4n) is 1.39. The summed E-state index contributed by atoms with van der Waals surface area (Å²) in [7, 11) is 1.72. The first-order chi connectivity index (χ1) is 7.74. The Kier molecular flexibility index (Phi) is 6.45. The van der Waals surface area contributed by atoms with Gasteiger partial charge in [-0.1, -0.05) is 6.07 Å². The van der Waals surface area contributed by atoms with Crippen LogP contribution in [0.2, 0.25) is 0 Å². The van der Waals surface area contributed by atoms with Gasteiger partial charge in [0.15, 0.2) is 0 Å². The second kappa shape index (κ2) is 7.65. The highest BCUT2D eigenvalue weighted by molar-refractivity contribution is 9.10. The third-order valence-corrected chi connectivity index (χ3v) is 2.93. The zero-order chi connectivity index (χ0) is 11.8. The van der Waals surface area contributed by atoms with E-state index in [0.717, 1.165) is 42.6 Å². The molecule has 16 heavy (non-hydrogen) atoms. The van der Waals surface area contributed by atoms with E-state index in [1.54, 1.807) is 13.2 Å². The molecule has 0 aliphatic rings. The largest absolute Gasteiger partial charge is 0.507 e. The molecular weight excluding hydrogens is 270 g/mol. The van der Waals surface area contributed by atoms with Crippen LogP contribution in [-0.2, 0) is 11.3 Å². The van der Waals surface area contributed by atoms with Crippen molar-refractivity contribution < 1.29 is 9.84 Å². The number of hydrogen-bond acceptors (Lipinski definition) is 3. The van der Waals surface area contributed by atoms with Crippen molar-refractivity contribution in [2.24, 2.45) is 0 Å². The van der Waals surface area contributed by atoms with Gasteiger partial charge in [0.1, 0.15) is 5.75 Å². The number of methoxy groups -OCH3 is 1. The van der Waals surface area contributed by atoms with Crippen molar-refractivity contribution in [3.8, 4) is 5.75 Å². The molecule has 0 aliphatic carbocycles. The lowest BCUT2D eigenvalue weighted by Gasteiger charge is -2.06. The Bertz CT molecular complexity index is 318. The highest BCUT2D eigenvalue weighted by Crippen LogP contribution is 2.24. The van der Waals surface area contributed by atoms with Crippen LogP contribution in [0.3, 0.4) is 0 Å². The van der Waals surface area contributed by atoms with Crippen LogP contribution in [0, 0.1) is 0 Å². The number of nitrogens with one attached hydrogen (secondary N) is 1. The van der Waals surface area contributed by atoms with Crippen LogP contribution in [0.5, 0.6) is 5.75 Å². The smallest absolute Gasteiger partial charge is 0.129 e. The molecule has 0 radical (unpaired) electrons. The number of unbranched alkanes of at least 4 members (excludes halogenated alkanes) is 1. The van der Waals surface area contributed by atoms with Crippen LogP contribution in [-0.4, -0.2) is 25.4 Å². The Morgan fingerprint density at radius 3 is 2.88 bits per heavy atom. The highest BCUT2D eigenvalue weighted by atomic mass is 79.9. The predicted molar refractivity (Wildman–Crippen MR) is 68.6 cm³/mol. The monoisotopic (exact) mass is 287 g/mol. The quantitative estimate of drug-likeness (QED) is 0.758. The van der Waals surface area contributed by atoms with Crippen LogP contribution < -0.4 is 5.32 Å². The topological polar surface area (TPSA) is 41.5 Å². The summed E-state index contributed by atoms with van der Waals surface area (Å²) in [4.78, 5) is 0. The lowest BCUT2D eigenvalue weighted by atomic mass is 10.2. The second-order valence-corrected chi connectivity index (χ2v) is 4.52. The molecule has 0 unspecified atom stereocenters. The third kappa shape index (κ3) is 4.96. The molecular formula is C12H18BrNO2. The summed E-state index contributed by atoms with van der Waals surface area (Å²) in [6.45, 7) is 2.64. The summed E-state index contributed by atoms with van der Waals surface area (Å²) < 4.78 is 5.72. The molecule has 0 fully saturated rings. The van der Waals surface area contributed by atoms with Crippen molar-refractivity contribution in [2.45, 2.75) is 19.4 Å². The molecule has 0 bridgehead atoms. The minimum absolute atomic E-state index is 0.281. The van der Waals surface area contributed by atoms with Gasteiger partial charge in [0.05, 0.1) is 4.47 Å². The highest BCUT2D eigenvalue weighted by Gasteiger charge is 1.98. The van der Waals surface area contributed by atoms with Gasteiger partial charge in [-0.05, 0) is 53.0 Å². The molecule has 4 heteroatoms. The van der Waals surface area contributed by atoms with Gasteiger partial charge in [-0.2, -0.15) is 0 Å². The van der Waals surface area contributed by atoms with E-state index in [4.69, 9.17) is 4.74 Å². The normalized spacial score (nSPS) is 10.6. The number of halogens is 1. The van der Waals surface area contributed by atoms with Crippen LogP contribution in [0.4, 0.5) is 0 Å². The molecule has 0 heterocycles. The molecule has 0 saturated heterocycles. The van der Waals surface area contributed by atoms with Crippen LogP contribution in [0.1, 0.15) is 18.4 Å². The van der Waals surface area contributed by atoms with Gasteiger partial charge in [-0.25, -0.2) is 0 Å². The van der Waals surface area contributed by atoms with Gasteiger partial charge >= 0.3 is 0 Å². The van der Waals surface area contributed by atoms with E-state index in [-0.39, 0.29) is 5.75 Å². The summed E-state index contributed by atoms with van der Waals surface area (Å²) in [6, 6.07) is 5.55.